The van der Waals surface area contributed by atoms with E-state index in [1.165, 1.54) is 15.3 Å². The molecule has 0 aliphatic heterocycles. The number of carbonyl (C=O) groups is 1. The summed E-state index contributed by atoms with van der Waals surface area (Å²) in [7, 11) is 0. The number of hydrogen-bond donors (Lipinski definition) is 2. The summed E-state index contributed by atoms with van der Waals surface area (Å²) in [5, 5.41) is 3.17. The second-order valence-corrected chi connectivity index (χ2v) is 7.09. The summed E-state index contributed by atoms with van der Waals surface area (Å²) in [5.41, 5.74) is 7.00. The van der Waals surface area contributed by atoms with Gasteiger partial charge < -0.3 is 11.1 Å². The normalized spacial score (nSPS) is 23.2. The zero-order valence-corrected chi connectivity index (χ0v) is 14.1. The van der Waals surface area contributed by atoms with Crippen molar-refractivity contribution in [3.8, 4) is 0 Å². The quantitative estimate of drug-likeness (QED) is 0.895. The smallest absolute Gasteiger partial charge is 0.223 e. The van der Waals surface area contributed by atoms with Crippen molar-refractivity contribution in [2.45, 2.75) is 46.1 Å². The number of halogens is 1. The number of nitrogens with one attached hydrogen (secondary N) is 1. The predicted molar refractivity (Wildman–Crippen MR) is 87.5 cm³/mol. The maximum absolute atomic E-state index is 12.4. The van der Waals surface area contributed by atoms with Gasteiger partial charge in [0.1, 0.15) is 0 Å². The zero-order chi connectivity index (χ0) is 14.0. The van der Waals surface area contributed by atoms with Crippen LogP contribution in [-0.4, -0.2) is 12.5 Å². The Kier molecular flexibility index (Phi) is 6.49. The van der Waals surface area contributed by atoms with E-state index < -0.39 is 0 Å². The van der Waals surface area contributed by atoms with Gasteiger partial charge in [0, 0.05) is 15.7 Å². The molecule has 1 saturated carbocycles. The Labute approximate surface area is 131 Å². The van der Waals surface area contributed by atoms with Gasteiger partial charge in [-0.15, -0.1) is 23.7 Å². The van der Waals surface area contributed by atoms with Gasteiger partial charge in [-0.05, 0) is 57.7 Å². The van der Waals surface area contributed by atoms with Crippen molar-refractivity contribution in [1.82, 2.24) is 5.32 Å². The maximum atomic E-state index is 12.4. The Morgan fingerprint density at radius 1 is 1.50 bits per heavy atom. The van der Waals surface area contributed by atoms with Crippen LogP contribution in [0.25, 0.3) is 0 Å². The van der Waals surface area contributed by atoms with E-state index in [0.717, 1.165) is 19.3 Å². The fourth-order valence-electron chi connectivity index (χ4n) is 3.14. The van der Waals surface area contributed by atoms with E-state index in [9.17, 15) is 4.79 Å². The number of aryl methyl sites for hydroxylation is 2. The minimum absolute atomic E-state index is 0. The van der Waals surface area contributed by atoms with Crippen molar-refractivity contribution in [3.05, 3.63) is 21.4 Å². The van der Waals surface area contributed by atoms with Gasteiger partial charge in [0.05, 0.1) is 6.04 Å². The Hall–Kier alpha value is -0.580. The van der Waals surface area contributed by atoms with E-state index in [1.54, 1.807) is 11.3 Å². The van der Waals surface area contributed by atoms with E-state index in [2.05, 4.69) is 32.2 Å². The van der Waals surface area contributed by atoms with E-state index in [1.807, 2.05) is 0 Å². The third-order valence-corrected chi connectivity index (χ3v) is 5.18. The second kappa shape index (κ2) is 7.43. The molecule has 3 nitrogen and oxygen atoms in total. The van der Waals surface area contributed by atoms with Gasteiger partial charge in [0.2, 0.25) is 5.91 Å². The summed E-state index contributed by atoms with van der Waals surface area (Å²) in [6, 6.07) is 2.27. The summed E-state index contributed by atoms with van der Waals surface area (Å²) in [4.78, 5) is 15.0. The lowest BCUT2D eigenvalue weighted by atomic mass is 9.95. The minimum Gasteiger partial charge on any atom is -0.349 e. The molecule has 1 unspecified atom stereocenters. The number of hydrogen-bond acceptors (Lipinski definition) is 3. The van der Waals surface area contributed by atoms with E-state index >= 15 is 0 Å². The highest BCUT2D eigenvalue weighted by molar-refractivity contribution is 7.12. The van der Waals surface area contributed by atoms with Crippen LogP contribution in [-0.2, 0) is 4.79 Å². The topological polar surface area (TPSA) is 55.1 Å². The van der Waals surface area contributed by atoms with Gasteiger partial charge in [-0.25, -0.2) is 0 Å². The molecule has 1 aliphatic rings. The van der Waals surface area contributed by atoms with Crippen molar-refractivity contribution in [2.24, 2.45) is 17.6 Å². The van der Waals surface area contributed by atoms with Crippen LogP contribution in [0.1, 0.15) is 47.5 Å². The highest BCUT2D eigenvalue weighted by atomic mass is 35.5. The minimum atomic E-state index is 0. The molecule has 0 radical (unpaired) electrons. The monoisotopic (exact) mass is 316 g/mol. The van der Waals surface area contributed by atoms with Crippen molar-refractivity contribution >= 4 is 29.7 Å². The first kappa shape index (κ1) is 17.5. The van der Waals surface area contributed by atoms with Gasteiger partial charge in [-0.2, -0.15) is 0 Å². The molecule has 1 aliphatic carbocycles. The van der Waals surface area contributed by atoms with Gasteiger partial charge in [-0.3, -0.25) is 4.79 Å². The molecule has 1 fully saturated rings. The number of thiophene rings is 1. The number of rotatable bonds is 4. The molecule has 3 N–H and O–H groups in total. The van der Waals surface area contributed by atoms with Crippen LogP contribution < -0.4 is 11.1 Å². The van der Waals surface area contributed by atoms with Crippen molar-refractivity contribution < 1.29 is 4.79 Å². The maximum Gasteiger partial charge on any atom is 0.223 e. The van der Waals surface area contributed by atoms with Crippen LogP contribution in [0.15, 0.2) is 6.07 Å². The third kappa shape index (κ3) is 3.74. The predicted octanol–water partition coefficient (Wildman–Crippen LogP) is 3.34. The van der Waals surface area contributed by atoms with Crippen LogP contribution in [0.4, 0.5) is 0 Å². The van der Waals surface area contributed by atoms with Crippen LogP contribution in [0, 0.1) is 25.7 Å². The molecule has 0 saturated heterocycles. The summed E-state index contributed by atoms with van der Waals surface area (Å²) in [6.07, 6.45) is 3.21. The van der Waals surface area contributed by atoms with Gasteiger partial charge in [-0.1, -0.05) is 6.42 Å². The first-order valence-corrected chi connectivity index (χ1v) is 7.92. The lowest BCUT2D eigenvalue weighted by Crippen LogP contribution is -2.36. The Bertz CT molecular complexity index is 461. The highest BCUT2D eigenvalue weighted by Gasteiger charge is 2.32. The Morgan fingerprint density at radius 3 is 2.75 bits per heavy atom. The molecule has 0 spiro atoms. The SMILES string of the molecule is Cc1cc(C(C)NC(=O)[C@@H]2CCC[C@@H]2CN)c(C)s1.Cl. The van der Waals surface area contributed by atoms with E-state index in [4.69, 9.17) is 5.73 Å². The summed E-state index contributed by atoms with van der Waals surface area (Å²) in [5.74, 6) is 0.675. The van der Waals surface area contributed by atoms with Crippen molar-refractivity contribution in [2.75, 3.05) is 6.54 Å². The molecule has 1 heterocycles. The lowest BCUT2D eigenvalue weighted by Gasteiger charge is -2.21. The van der Waals surface area contributed by atoms with Crippen LogP contribution in [0.2, 0.25) is 0 Å². The largest absolute Gasteiger partial charge is 0.349 e. The molecule has 1 amide bonds. The zero-order valence-electron chi connectivity index (χ0n) is 12.4. The molecule has 5 heteroatoms. The van der Waals surface area contributed by atoms with E-state index in [0.29, 0.717) is 12.5 Å². The molecular formula is C15H25ClN2OS. The number of nitrogens with two attached hydrogens (primary N) is 1. The standard InChI is InChI=1S/C15H24N2OS.ClH/c1-9-7-14(11(3)19-9)10(2)17-15(18)13-6-4-5-12(13)8-16;/h7,10,12-13H,4-6,8,16H2,1-3H3,(H,17,18);1H/t10?,12-,13-;/m1./s1. The molecule has 20 heavy (non-hydrogen) atoms. The van der Waals surface area contributed by atoms with Gasteiger partial charge in [0.15, 0.2) is 0 Å². The summed E-state index contributed by atoms with van der Waals surface area (Å²) >= 11 is 1.79. The molecule has 1 aromatic rings. The van der Waals surface area contributed by atoms with Crippen LogP contribution >= 0.6 is 23.7 Å². The lowest BCUT2D eigenvalue weighted by molar-refractivity contribution is -0.126. The fourth-order valence-corrected chi connectivity index (χ4v) is 4.17. The van der Waals surface area contributed by atoms with Crippen LogP contribution in [0.5, 0.6) is 0 Å². The second-order valence-electron chi connectivity index (χ2n) is 5.63. The summed E-state index contributed by atoms with van der Waals surface area (Å²) in [6.45, 7) is 6.92. The molecule has 1 aromatic heterocycles. The average molecular weight is 317 g/mol. The molecular weight excluding hydrogens is 292 g/mol. The van der Waals surface area contributed by atoms with Gasteiger partial charge >= 0.3 is 0 Å². The van der Waals surface area contributed by atoms with E-state index in [-0.39, 0.29) is 30.3 Å². The first-order chi connectivity index (χ1) is 9.02. The average Bonchev–Trinajstić information content (AvgIpc) is 2.95. The van der Waals surface area contributed by atoms with Crippen molar-refractivity contribution in [3.63, 3.8) is 0 Å². The summed E-state index contributed by atoms with van der Waals surface area (Å²) < 4.78 is 0. The molecule has 0 bridgehead atoms. The van der Waals surface area contributed by atoms with Gasteiger partial charge in [0.25, 0.3) is 0 Å². The van der Waals surface area contributed by atoms with Crippen molar-refractivity contribution in [1.29, 1.82) is 0 Å². The molecule has 3 atom stereocenters. The fraction of sp³-hybridized carbons (Fsp3) is 0.667. The highest BCUT2D eigenvalue weighted by Crippen LogP contribution is 2.32. The Morgan fingerprint density at radius 2 is 2.20 bits per heavy atom. The molecule has 114 valence electrons. The third-order valence-electron chi connectivity index (χ3n) is 4.20. The number of amides is 1. The first-order valence-electron chi connectivity index (χ1n) is 7.10. The van der Waals surface area contributed by atoms with Crippen LogP contribution in [0.3, 0.4) is 0 Å². The molecule has 2 rings (SSSR count). The molecule has 0 aromatic carbocycles. The number of carbonyl (C=O) groups excluding carboxylic acids is 1. The Balaban J connectivity index is 0.00000200.